The molecular weight excluding hydrogens is 390 g/mol. The topological polar surface area (TPSA) is 94.9 Å². The Hall–Kier alpha value is -4.32. The zero-order valence-corrected chi connectivity index (χ0v) is 16.6. The third kappa shape index (κ3) is 2.51. The van der Waals surface area contributed by atoms with E-state index in [-0.39, 0.29) is 11.3 Å². The molecule has 0 spiro atoms. The van der Waals surface area contributed by atoms with Gasteiger partial charge in [0.05, 0.1) is 22.8 Å². The van der Waals surface area contributed by atoms with Gasteiger partial charge in [-0.05, 0) is 36.8 Å². The number of aromatic amines is 2. The molecule has 150 valence electrons. The average Bonchev–Trinajstić information content (AvgIpc) is 3.39. The summed E-state index contributed by atoms with van der Waals surface area (Å²) in [7, 11) is 0. The fourth-order valence-electron chi connectivity index (χ4n) is 4.24. The summed E-state index contributed by atoms with van der Waals surface area (Å²) in [5, 5.41) is 20.6. The molecule has 3 N–H and O–H groups in total. The zero-order valence-electron chi connectivity index (χ0n) is 16.6. The molecule has 6 heteroatoms. The minimum atomic E-state index is -0.595. The number of hydrogen-bond donors (Lipinski definition) is 3. The van der Waals surface area contributed by atoms with Gasteiger partial charge in [-0.25, -0.2) is 4.79 Å². The highest BCUT2D eigenvalue weighted by Gasteiger charge is 2.25. The summed E-state index contributed by atoms with van der Waals surface area (Å²) in [6, 6.07) is 18.9. The van der Waals surface area contributed by atoms with Crippen molar-refractivity contribution in [3.8, 4) is 28.1 Å². The molecule has 0 aliphatic carbocycles. The minimum absolute atomic E-state index is 0.0994. The summed E-state index contributed by atoms with van der Waals surface area (Å²) < 4.78 is 5.59. The second-order valence-corrected chi connectivity index (χ2v) is 7.67. The van der Waals surface area contributed by atoms with Gasteiger partial charge in [0.15, 0.2) is 0 Å². The lowest BCUT2D eigenvalue weighted by molar-refractivity contribution is 0.471. The SMILES string of the molecule is Cc1ccc(-c2[nH]c3ccc4cn[nH]c4c3c2-c2c(O)c3ccccc3oc2=O)cc1. The highest BCUT2D eigenvalue weighted by molar-refractivity contribution is 6.17. The Bertz CT molecular complexity index is 1670. The van der Waals surface area contributed by atoms with Crippen LogP contribution in [0.2, 0.25) is 0 Å². The van der Waals surface area contributed by atoms with Gasteiger partial charge in [-0.3, -0.25) is 5.10 Å². The highest BCUT2D eigenvalue weighted by atomic mass is 16.4. The van der Waals surface area contributed by atoms with Gasteiger partial charge in [0.25, 0.3) is 0 Å². The number of aryl methyl sites for hydroxylation is 1. The van der Waals surface area contributed by atoms with Crippen LogP contribution in [-0.2, 0) is 0 Å². The number of fused-ring (bicyclic) bond motifs is 4. The van der Waals surface area contributed by atoms with Gasteiger partial charge in [-0.1, -0.05) is 42.0 Å². The van der Waals surface area contributed by atoms with Gasteiger partial charge >= 0.3 is 5.63 Å². The van der Waals surface area contributed by atoms with Crippen LogP contribution < -0.4 is 5.63 Å². The number of H-pyrrole nitrogens is 2. The average molecular weight is 407 g/mol. The van der Waals surface area contributed by atoms with Crippen molar-refractivity contribution in [1.29, 1.82) is 0 Å². The summed E-state index contributed by atoms with van der Waals surface area (Å²) >= 11 is 0. The van der Waals surface area contributed by atoms with Crippen molar-refractivity contribution in [3.05, 3.63) is 82.8 Å². The summed E-state index contributed by atoms with van der Waals surface area (Å²) in [6.45, 7) is 2.02. The van der Waals surface area contributed by atoms with Gasteiger partial charge in [-0.2, -0.15) is 5.10 Å². The summed E-state index contributed by atoms with van der Waals surface area (Å²) in [4.78, 5) is 16.6. The third-order valence-corrected chi connectivity index (χ3v) is 5.75. The molecule has 6 nitrogen and oxygen atoms in total. The monoisotopic (exact) mass is 407 g/mol. The van der Waals surface area contributed by atoms with E-state index < -0.39 is 5.63 Å². The van der Waals surface area contributed by atoms with Crippen molar-refractivity contribution in [2.75, 3.05) is 0 Å². The molecule has 3 heterocycles. The number of nitrogens with one attached hydrogen (secondary N) is 2. The smallest absolute Gasteiger partial charge is 0.348 e. The van der Waals surface area contributed by atoms with Gasteiger partial charge in [0.2, 0.25) is 0 Å². The molecule has 31 heavy (non-hydrogen) atoms. The van der Waals surface area contributed by atoms with Gasteiger partial charge in [0, 0.05) is 21.9 Å². The maximum absolute atomic E-state index is 13.1. The maximum Gasteiger partial charge on any atom is 0.348 e. The molecule has 0 unspecified atom stereocenters. The van der Waals surface area contributed by atoms with Crippen LogP contribution >= 0.6 is 0 Å². The standard InChI is InChI=1S/C25H17N3O3/c1-13-6-8-14(9-7-13)22-20(19-17(27-22)11-10-15-12-26-28-23(15)19)21-24(29)16-4-2-3-5-18(16)31-25(21)30/h2-12,27,29H,1H3,(H,26,28). The molecule has 0 bridgehead atoms. The number of para-hydroxylation sites is 1. The Morgan fingerprint density at radius 2 is 1.77 bits per heavy atom. The third-order valence-electron chi connectivity index (χ3n) is 5.75. The Balaban J connectivity index is 1.82. The molecule has 0 saturated carbocycles. The molecule has 0 aliphatic rings. The number of rotatable bonds is 2. The van der Waals surface area contributed by atoms with E-state index in [0.717, 1.165) is 38.6 Å². The van der Waals surface area contributed by atoms with E-state index in [1.807, 2.05) is 43.3 Å². The fraction of sp³-hybridized carbons (Fsp3) is 0.0400. The summed E-state index contributed by atoms with van der Waals surface area (Å²) in [5.41, 5.74) is 4.84. The first-order valence-corrected chi connectivity index (χ1v) is 9.92. The van der Waals surface area contributed by atoms with Crippen molar-refractivity contribution in [1.82, 2.24) is 15.2 Å². The van der Waals surface area contributed by atoms with E-state index in [0.29, 0.717) is 16.5 Å². The molecule has 0 aliphatic heterocycles. The summed E-state index contributed by atoms with van der Waals surface area (Å²) in [5.74, 6) is -0.0994. The second-order valence-electron chi connectivity index (χ2n) is 7.67. The van der Waals surface area contributed by atoms with E-state index in [1.54, 1.807) is 30.5 Å². The van der Waals surface area contributed by atoms with Crippen LogP contribution in [0.3, 0.4) is 0 Å². The van der Waals surface area contributed by atoms with Gasteiger partial charge in [-0.15, -0.1) is 0 Å². The van der Waals surface area contributed by atoms with Crippen LogP contribution in [0, 0.1) is 6.92 Å². The first kappa shape index (κ1) is 17.5. The van der Waals surface area contributed by atoms with Crippen LogP contribution in [0.5, 0.6) is 5.75 Å². The minimum Gasteiger partial charge on any atom is -0.506 e. The van der Waals surface area contributed by atoms with E-state index in [2.05, 4.69) is 15.2 Å². The van der Waals surface area contributed by atoms with Crippen LogP contribution in [0.25, 0.3) is 55.2 Å². The second kappa shape index (κ2) is 6.34. The lowest BCUT2D eigenvalue weighted by atomic mass is 9.96. The first-order valence-electron chi connectivity index (χ1n) is 9.92. The molecule has 0 saturated heterocycles. The fourth-order valence-corrected chi connectivity index (χ4v) is 4.24. The Morgan fingerprint density at radius 1 is 0.968 bits per heavy atom. The molecule has 6 aromatic rings. The van der Waals surface area contributed by atoms with Crippen molar-refractivity contribution >= 4 is 32.8 Å². The lowest BCUT2D eigenvalue weighted by Crippen LogP contribution is -2.04. The zero-order chi connectivity index (χ0) is 21.1. The highest BCUT2D eigenvalue weighted by Crippen LogP contribution is 2.44. The van der Waals surface area contributed by atoms with Crippen molar-refractivity contribution in [3.63, 3.8) is 0 Å². The molecule has 3 aromatic heterocycles. The number of aromatic hydroxyl groups is 1. The molecule has 6 rings (SSSR count). The largest absolute Gasteiger partial charge is 0.506 e. The van der Waals surface area contributed by atoms with Crippen LogP contribution in [0.4, 0.5) is 0 Å². The van der Waals surface area contributed by atoms with Crippen molar-refractivity contribution < 1.29 is 9.52 Å². The van der Waals surface area contributed by atoms with E-state index in [4.69, 9.17) is 4.42 Å². The number of benzene rings is 3. The van der Waals surface area contributed by atoms with Gasteiger partial charge in [0.1, 0.15) is 16.9 Å². The number of aromatic nitrogens is 3. The molecule has 0 radical (unpaired) electrons. The first-order chi connectivity index (χ1) is 15.1. The summed E-state index contributed by atoms with van der Waals surface area (Å²) in [6.07, 6.45) is 1.74. The number of hydrogen-bond acceptors (Lipinski definition) is 4. The van der Waals surface area contributed by atoms with E-state index in [1.165, 1.54) is 0 Å². The van der Waals surface area contributed by atoms with Crippen molar-refractivity contribution in [2.45, 2.75) is 6.92 Å². The molecular formula is C25H17N3O3. The number of nitrogens with zero attached hydrogens (tertiary/aromatic N) is 1. The lowest BCUT2D eigenvalue weighted by Gasteiger charge is -2.09. The maximum atomic E-state index is 13.1. The predicted molar refractivity (Wildman–Crippen MR) is 121 cm³/mol. The van der Waals surface area contributed by atoms with Crippen LogP contribution in [0.15, 0.2) is 76.1 Å². The quantitative estimate of drug-likeness (QED) is 0.330. The van der Waals surface area contributed by atoms with E-state index in [9.17, 15) is 9.90 Å². The van der Waals surface area contributed by atoms with Crippen LogP contribution in [-0.4, -0.2) is 20.3 Å². The van der Waals surface area contributed by atoms with Crippen LogP contribution in [0.1, 0.15) is 5.56 Å². The molecule has 3 aromatic carbocycles. The molecule has 0 fully saturated rings. The van der Waals surface area contributed by atoms with Gasteiger partial charge < -0.3 is 14.5 Å². The van der Waals surface area contributed by atoms with E-state index >= 15 is 0 Å². The molecule has 0 amide bonds. The normalized spacial score (nSPS) is 11.6. The Morgan fingerprint density at radius 3 is 2.61 bits per heavy atom. The predicted octanol–water partition coefficient (Wildman–Crippen LogP) is 5.50. The molecule has 0 atom stereocenters. The Labute approximate surface area is 175 Å². The van der Waals surface area contributed by atoms with Crippen molar-refractivity contribution in [2.24, 2.45) is 0 Å². The Kier molecular flexibility index (Phi) is 3.58.